The van der Waals surface area contributed by atoms with Crippen molar-refractivity contribution in [2.45, 2.75) is 33.6 Å². The summed E-state index contributed by atoms with van der Waals surface area (Å²) in [5.74, 6) is -2.16. The Hall–Kier alpha value is -1.72. The van der Waals surface area contributed by atoms with E-state index in [1.165, 1.54) is 0 Å². The predicted octanol–water partition coefficient (Wildman–Crippen LogP) is 0.540. The Balaban J connectivity index is 2.47. The van der Waals surface area contributed by atoms with Crippen LogP contribution in [0.1, 0.15) is 33.6 Å². The standard InChI is InChI=1S/C13H19NO5/c1-4-19-11(16)6-5-10(15)7-14-12(17)8(2)9(3)13(14)18/h8-9H,4-7H2,1-3H3. The molecule has 19 heavy (non-hydrogen) atoms. The molecule has 1 rings (SSSR count). The van der Waals surface area contributed by atoms with Crippen LogP contribution in [0.25, 0.3) is 0 Å². The highest BCUT2D eigenvalue weighted by molar-refractivity contribution is 6.07. The Kier molecular flexibility index (Phi) is 5.20. The molecule has 0 aromatic heterocycles. The van der Waals surface area contributed by atoms with E-state index in [1.807, 2.05) is 0 Å². The summed E-state index contributed by atoms with van der Waals surface area (Å²) in [7, 11) is 0. The number of amides is 2. The van der Waals surface area contributed by atoms with Crippen LogP contribution in [0.2, 0.25) is 0 Å². The van der Waals surface area contributed by atoms with E-state index in [-0.39, 0.29) is 55.4 Å². The van der Waals surface area contributed by atoms with Crippen molar-refractivity contribution in [2.24, 2.45) is 11.8 Å². The fraction of sp³-hybridized carbons (Fsp3) is 0.692. The first-order valence-corrected chi connectivity index (χ1v) is 6.41. The van der Waals surface area contributed by atoms with Gasteiger partial charge in [0, 0.05) is 18.3 Å². The van der Waals surface area contributed by atoms with Gasteiger partial charge in [0.1, 0.15) is 0 Å². The maximum atomic E-state index is 11.8. The van der Waals surface area contributed by atoms with Gasteiger partial charge >= 0.3 is 5.97 Å². The van der Waals surface area contributed by atoms with Gasteiger partial charge in [0.25, 0.3) is 0 Å². The zero-order valence-electron chi connectivity index (χ0n) is 11.5. The lowest BCUT2D eigenvalue weighted by Crippen LogP contribution is -2.35. The molecule has 1 aliphatic rings. The lowest BCUT2D eigenvalue weighted by atomic mass is 10.00. The zero-order valence-corrected chi connectivity index (χ0v) is 11.5. The summed E-state index contributed by atoms with van der Waals surface area (Å²) in [6, 6.07) is 0. The third-order valence-electron chi connectivity index (χ3n) is 3.31. The molecule has 0 saturated carbocycles. The summed E-state index contributed by atoms with van der Waals surface area (Å²) >= 11 is 0. The van der Waals surface area contributed by atoms with Crippen molar-refractivity contribution < 1.29 is 23.9 Å². The van der Waals surface area contributed by atoms with E-state index >= 15 is 0 Å². The van der Waals surface area contributed by atoms with E-state index in [0.717, 1.165) is 4.90 Å². The summed E-state index contributed by atoms with van der Waals surface area (Å²) in [5, 5.41) is 0. The number of esters is 1. The van der Waals surface area contributed by atoms with Gasteiger partial charge in [0.15, 0.2) is 5.78 Å². The minimum Gasteiger partial charge on any atom is -0.466 e. The van der Waals surface area contributed by atoms with Crippen molar-refractivity contribution >= 4 is 23.6 Å². The second-order valence-electron chi connectivity index (χ2n) is 4.68. The first-order chi connectivity index (χ1) is 8.88. The number of carbonyl (C=O) groups excluding carboxylic acids is 4. The number of rotatable bonds is 6. The van der Waals surface area contributed by atoms with E-state index < -0.39 is 5.97 Å². The molecule has 2 amide bonds. The van der Waals surface area contributed by atoms with Crippen LogP contribution in [0.3, 0.4) is 0 Å². The predicted molar refractivity (Wildman–Crippen MR) is 65.9 cm³/mol. The van der Waals surface area contributed by atoms with Crippen LogP contribution in [-0.4, -0.2) is 41.6 Å². The summed E-state index contributed by atoms with van der Waals surface area (Å²) in [4.78, 5) is 47.3. The van der Waals surface area contributed by atoms with Crippen LogP contribution < -0.4 is 0 Å². The Labute approximate surface area is 112 Å². The lowest BCUT2D eigenvalue weighted by Gasteiger charge is -2.13. The Morgan fingerprint density at radius 3 is 2.11 bits per heavy atom. The Bertz CT molecular complexity index is 384. The number of hydrogen-bond donors (Lipinski definition) is 0. The molecule has 6 heteroatoms. The second-order valence-corrected chi connectivity index (χ2v) is 4.68. The summed E-state index contributed by atoms with van der Waals surface area (Å²) in [6.07, 6.45) is -0.0351. The van der Waals surface area contributed by atoms with Crippen molar-refractivity contribution in [1.29, 1.82) is 0 Å². The highest BCUT2D eigenvalue weighted by atomic mass is 16.5. The van der Waals surface area contributed by atoms with Crippen LogP contribution in [0.4, 0.5) is 0 Å². The number of carbonyl (C=O) groups is 4. The van der Waals surface area contributed by atoms with Crippen molar-refractivity contribution in [2.75, 3.05) is 13.2 Å². The van der Waals surface area contributed by atoms with E-state index in [1.54, 1.807) is 20.8 Å². The van der Waals surface area contributed by atoms with Crippen molar-refractivity contribution in [1.82, 2.24) is 4.90 Å². The molecule has 0 spiro atoms. The molecule has 0 N–H and O–H groups in total. The minimum absolute atomic E-state index is 0.0152. The molecule has 0 aliphatic carbocycles. The molecular formula is C13H19NO5. The molecule has 6 nitrogen and oxygen atoms in total. The van der Waals surface area contributed by atoms with Gasteiger partial charge in [-0.3, -0.25) is 24.1 Å². The van der Waals surface area contributed by atoms with E-state index in [2.05, 4.69) is 0 Å². The Morgan fingerprint density at radius 1 is 1.11 bits per heavy atom. The highest BCUT2D eigenvalue weighted by Crippen LogP contribution is 2.25. The molecule has 0 radical (unpaired) electrons. The number of imide groups is 1. The molecule has 0 bridgehead atoms. The van der Waals surface area contributed by atoms with E-state index in [0.29, 0.717) is 0 Å². The fourth-order valence-electron chi connectivity index (χ4n) is 1.91. The van der Waals surface area contributed by atoms with Crippen LogP contribution >= 0.6 is 0 Å². The largest absolute Gasteiger partial charge is 0.466 e. The highest BCUT2D eigenvalue weighted by Gasteiger charge is 2.42. The van der Waals surface area contributed by atoms with Crippen molar-refractivity contribution in [3.63, 3.8) is 0 Å². The van der Waals surface area contributed by atoms with E-state index in [4.69, 9.17) is 4.74 Å². The smallest absolute Gasteiger partial charge is 0.306 e. The second kappa shape index (κ2) is 6.45. The number of nitrogens with zero attached hydrogens (tertiary/aromatic N) is 1. The monoisotopic (exact) mass is 269 g/mol. The van der Waals surface area contributed by atoms with Crippen molar-refractivity contribution in [3.8, 4) is 0 Å². The third-order valence-corrected chi connectivity index (χ3v) is 3.31. The first kappa shape index (κ1) is 15.3. The maximum absolute atomic E-state index is 11.8. The molecule has 2 atom stereocenters. The molecule has 1 fully saturated rings. The van der Waals surface area contributed by atoms with Crippen LogP contribution in [-0.2, 0) is 23.9 Å². The summed E-state index contributed by atoms with van der Waals surface area (Å²) in [6.45, 7) is 5.06. The van der Waals surface area contributed by atoms with Gasteiger partial charge < -0.3 is 4.74 Å². The van der Waals surface area contributed by atoms with Gasteiger partial charge in [-0.05, 0) is 6.92 Å². The lowest BCUT2D eigenvalue weighted by molar-refractivity contribution is -0.145. The molecular weight excluding hydrogens is 250 g/mol. The minimum atomic E-state index is -0.448. The SMILES string of the molecule is CCOC(=O)CCC(=O)CN1C(=O)C(C)C(C)C1=O. The molecule has 1 saturated heterocycles. The van der Waals surface area contributed by atoms with E-state index in [9.17, 15) is 19.2 Å². The maximum Gasteiger partial charge on any atom is 0.306 e. The van der Waals surface area contributed by atoms with Gasteiger partial charge in [0.2, 0.25) is 11.8 Å². The molecule has 1 heterocycles. The zero-order chi connectivity index (χ0) is 14.6. The summed E-state index contributed by atoms with van der Waals surface area (Å²) in [5.41, 5.74) is 0. The fourth-order valence-corrected chi connectivity index (χ4v) is 1.91. The average Bonchev–Trinajstić information content (AvgIpc) is 2.55. The van der Waals surface area contributed by atoms with Gasteiger partial charge in [-0.25, -0.2) is 0 Å². The van der Waals surface area contributed by atoms with Gasteiger partial charge in [-0.1, -0.05) is 13.8 Å². The van der Waals surface area contributed by atoms with Crippen LogP contribution in [0.5, 0.6) is 0 Å². The third kappa shape index (κ3) is 3.62. The van der Waals surface area contributed by atoms with Crippen LogP contribution in [0.15, 0.2) is 0 Å². The number of hydrogen-bond acceptors (Lipinski definition) is 5. The molecule has 2 unspecified atom stereocenters. The van der Waals surface area contributed by atoms with Gasteiger partial charge in [0.05, 0.1) is 19.6 Å². The summed E-state index contributed by atoms with van der Waals surface area (Å²) < 4.78 is 4.70. The number of ketones is 1. The molecule has 0 aromatic rings. The first-order valence-electron chi connectivity index (χ1n) is 6.41. The molecule has 1 aliphatic heterocycles. The molecule has 106 valence electrons. The van der Waals surface area contributed by atoms with Gasteiger partial charge in [-0.2, -0.15) is 0 Å². The topological polar surface area (TPSA) is 80.8 Å². The Morgan fingerprint density at radius 2 is 1.63 bits per heavy atom. The number of likely N-dealkylation sites (tertiary alicyclic amines) is 1. The molecule has 0 aromatic carbocycles. The number of ether oxygens (including phenoxy) is 1. The normalized spacial score (nSPS) is 22.8. The van der Waals surface area contributed by atoms with Crippen molar-refractivity contribution in [3.05, 3.63) is 0 Å². The number of Topliss-reactive ketones (excluding diaryl/α,β-unsaturated/α-hetero) is 1. The quantitative estimate of drug-likeness (QED) is 0.519. The van der Waals surface area contributed by atoms with Crippen LogP contribution in [0, 0.1) is 11.8 Å². The average molecular weight is 269 g/mol. The van der Waals surface area contributed by atoms with Gasteiger partial charge in [-0.15, -0.1) is 0 Å².